The normalized spacial score (nSPS) is 16.0. The Balaban J connectivity index is 1.63. The fraction of sp³-hybridized carbons (Fsp3) is 0.409. The summed E-state index contributed by atoms with van der Waals surface area (Å²) in [6, 6.07) is 13.4. The van der Waals surface area contributed by atoms with Gasteiger partial charge in [0, 0.05) is 24.2 Å². The Morgan fingerprint density at radius 2 is 1.55 bits per heavy atom. The molecule has 1 saturated heterocycles. The van der Waals surface area contributed by atoms with Crippen LogP contribution in [0.3, 0.4) is 0 Å². The van der Waals surface area contributed by atoms with Crippen LogP contribution in [0.5, 0.6) is 5.75 Å². The van der Waals surface area contributed by atoms with E-state index < -0.39 is 15.6 Å². The molecule has 1 heterocycles. The van der Waals surface area contributed by atoms with Crippen molar-refractivity contribution in [2.45, 2.75) is 50.0 Å². The molecule has 6 nitrogen and oxygen atoms in total. The van der Waals surface area contributed by atoms with Crippen molar-refractivity contribution in [3.05, 3.63) is 59.7 Å². The number of phenolic OH excluding ortho intramolecular Hbond substituents is 1. The van der Waals surface area contributed by atoms with Gasteiger partial charge in [0.05, 0.1) is 4.90 Å². The van der Waals surface area contributed by atoms with Crippen LogP contribution in [0.25, 0.3) is 0 Å². The van der Waals surface area contributed by atoms with Gasteiger partial charge in [-0.3, -0.25) is 4.79 Å². The van der Waals surface area contributed by atoms with Crippen LogP contribution in [-0.4, -0.2) is 43.0 Å². The molecule has 156 valence electrons. The standard InChI is InChI=1S/C22H28N2O4S/c1-22(2,3)23-29(27,28)20-10-6-18(7-11-20)21(26)24-14-12-17(13-15-24)16-4-8-19(25)9-5-16/h4-11,17,23,25H,12-15H2,1-3H3. The minimum absolute atomic E-state index is 0.0816. The van der Waals surface area contributed by atoms with Crippen LogP contribution < -0.4 is 4.72 Å². The molecule has 0 saturated carbocycles. The molecule has 1 aliphatic heterocycles. The summed E-state index contributed by atoms with van der Waals surface area (Å²) in [6.45, 7) is 6.64. The number of piperidine rings is 1. The van der Waals surface area contributed by atoms with E-state index in [1.54, 1.807) is 45.0 Å². The maximum Gasteiger partial charge on any atom is 0.253 e. The first-order valence-corrected chi connectivity index (χ1v) is 11.3. The molecule has 7 heteroatoms. The highest BCUT2D eigenvalue weighted by molar-refractivity contribution is 7.89. The first-order chi connectivity index (χ1) is 13.5. The lowest BCUT2D eigenvalue weighted by molar-refractivity contribution is 0.0713. The number of benzene rings is 2. The van der Waals surface area contributed by atoms with Crippen LogP contribution in [0, 0.1) is 0 Å². The third-order valence-corrected chi connectivity index (χ3v) is 6.77. The summed E-state index contributed by atoms with van der Waals surface area (Å²) in [7, 11) is -3.62. The van der Waals surface area contributed by atoms with Crippen molar-refractivity contribution in [2.75, 3.05) is 13.1 Å². The van der Waals surface area contributed by atoms with E-state index in [0.717, 1.165) is 12.8 Å². The number of aromatic hydroxyl groups is 1. The van der Waals surface area contributed by atoms with Crippen molar-refractivity contribution in [1.29, 1.82) is 0 Å². The van der Waals surface area contributed by atoms with Crippen molar-refractivity contribution < 1.29 is 18.3 Å². The third-order valence-electron chi connectivity index (χ3n) is 5.00. The summed E-state index contributed by atoms with van der Waals surface area (Å²) < 4.78 is 27.4. The quantitative estimate of drug-likeness (QED) is 0.799. The second kappa shape index (κ2) is 8.16. The number of nitrogens with one attached hydrogen (secondary N) is 1. The van der Waals surface area contributed by atoms with E-state index in [1.807, 2.05) is 17.0 Å². The van der Waals surface area contributed by atoms with Gasteiger partial charge in [-0.1, -0.05) is 12.1 Å². The van der Waals surface area contributed by atoms with Crippen LogP contribution in [-0.2, 0) is 10.0 Å². The molecular formula is C22H28N2O4S. The molecule has 0 atom stereocenters. The third kappa shape index (κ3) is 5.36. The topological polar surface area (TPSA) is 86.7 Å². The zero-order valence-electron chi connectivity index (χ0n) is 17.1. The lowest BCUT2D eigenvalue weighted by atomic mass is 9.89. The smallest absolute Gasteiger partial charge is 0.253 e. The van der Waals surface area contributed by atoms with Crippen LogP contribution in [0.2, 0.25) is 0 Å². The van der Waals surface area contributed by atoms with Crippen molar-refractivity contribution in [1.82, 2.24) is 9.62 Å². The second-order valence-corrected chi connectivity index (χ2v) is 10.2. The molecule has 2 aromatic carbocycles. The van der Waals surface area contributed by atoms with Gasteiger partial charge in [-0.25, -0.2) is 13.1 Å². The van der Waals surface area contributed by atoms with Crippen LogP contribution in [0.1, 0.15) is 55.5 Å². The molecule has 0 unspecified atom stereocenters. The average molecular weight is 417 g/mol. The second-order valence-electron chi connectivity index (χ2n) is 8.54. The summed E-state index contributed by atoms with van der Waals surface area (Å²) >= 11 is 0. The molecule has 0 aromatic heterocycles. The van der Waals surface area contributed by atoms with E-state index in [-0.39, 0.29) is 16.6 Å². The predicted octanol–water partition coefficient (Wildman–Crippen LogP) is 3.49. The lowest BCUT2D eigenvalue weighted by Gasteiger charge is -2.32. The fourth-order valence-corrected chi connectivity index (χ4v) is 5.00. The van der Waals surface area contributed by atoms with Crippen molar-refractivity contribution in [3.8, 4) is 5.75 Å². The highest BCUT2D eigenvalue weighted by atomic mass is 32.2. The summed E-state index contributed by atoms with van der Waals surface area (Å²) in [5.41, 5.74) is 1.09. The lowest BCUT2D eigenvalue weighted by Crippen LogP contribution is -2.40. The number of nitrogens with zero attached hydrogens (tertiary/aromatic N) is 1. The zero-order chi connectivity index (χ0) is 21.2. The van der Waals surface area contributed by atoms with E-state index in [4.69, 9.17) is 0 Å². The first-order valence-electron chi connectivity index (χ1n) is 9.77. The fourth-order valence-electron chi connectivity index (χ4n) is 3.58. The van der Waals surface area contributed by atoms with E-state index >= 15 is 0 Å². The van der Waals surface area contributed by atoms with Crippen LogP contribution in [0.15, 0.2) is 53.4 Å². The summed E-state index contributed by atoms with van der Waals surface area (Å²) in [4.78, 5) is 14.8. The number of rotatable bonds is 4. The summed E-state index contributed by atoms with van der Waals surface area (Å²) in [5.74, 6) is 0.544. The number of likely N-dealkylation sites (tertiary alicyclic amines) is 1. The Kier molecular flexibility index (Phi) is 6.00. The molecule has 0 bridgehead atoms. The molecule has 2 aromatic rings. The van der Waals surface area contributed by atoms with E-state index in [2.05, 4.69) is 4.72 Å². The molecule has 1 fully saturated rings. The van der Waals surface area contributed by atoms with Gasteiger partial charge in [0.2, 0.25) is 10.0 Å². The molecule has 1 aliphatic rings. The molecule has 0 spiro atoms. The van der Waals surface area contributed by atoms with Gasteiger partial charge in [0.15, 0.2) is 0 Å². The minimum Gasteiger partial charge on any atom is -0.508 e. The van der Waals surface area contributed by atoms with Crippen molar-refractivity contribution >= 4 is 15.9 Å². The van der Waals surface area contributed by atoms with Gasteiger partial charge in [-0.15, -0.1) is 0 Å². The predicted molar refractivity (Wildman–Crippen MR) is 113 cm³/mol. The van der Waals surface area contributed by atoms with Crippen LogP contribution in [0.4, 0.5) is 0 Å². The van der Waals surface area contributed by atoms with Gasteiger partial charge < -0.3 is 10.0 Å². The van der Waals surface area contributed by atoms with Crippen molar-refractivity contribution in [3.63, 3.8) is 0 Å². The summed E-state index contributed by atoms with van der Waals surface area (Å²) in [6.07, 6.45) is 1.72. The molecule has 0 aliphatic carbocycles. The van der Waals surface area contributed by atoms with E-state index in [0.29, 0.717) is 24.6 Å². The number of sulfonamides is 1. The van der Waals surface area contributed by atoms with E-state index in [1.165, 1.54) is 17.7 Å². The number of hydrogen-bond acceptors (Lipinski definition) is 4. The molecular weight excluding hydrogens is 388 g/mol. The number of carbonyl (C=O) groups excluding carboxylic acids is 1. The number of phenols is 1. The molecule has 1 amide bonds. The number of amides is 1. The van der Waals surface area contributed by atoms with Gasteiger partial charge >= 0.3 is 0 Å². The maximum absolute atomic E-state index is 12.8. The summed E-state index contributed by atoms with van der Waals surface area (Å²) in [5, 5.41) is 9.43. The Labute approximate surface area is 172 Å². The Morgan fingerprint density at radius 1 is 1.00 bits per heavy atom. The Bertz CT molecular complexity index is 953. The van der Waals surface area contributed by atoms with Gasteiger partial charge in [-0.05, 0) is 81.5 Å². The minimum atomic E-state index is -3.62. The molecule has 3 rings (SSSR count). The number of hydrogen-bond donors (Lipinski definition) is 2. The maximum atomic E-state index is 12.8. The van der Waals surface area contributed by atoms with Crippen molar-refractivity contribution in [2.24, 2.45) is 0 Å². The first kappa shape index (κ1) is 21.3. The van der Waals surface area contributed by atoms with Gasteiger partial charge in [0.25, 0.3) is 5.91 Å². The SMILES string of the molecule is CC(C)(C)NS(=O)(=O)c1ccc(C(=O)N2CCC(c3ccc(O)cc3)CC2)cc1. The zero-order valence-corrected chi connectivity index (χ0v) is 17.9. The van der Waals surface area contributed by atoms with Gasteiger partial charge in [-0.2, -0.15) is 0 Å². The highest BCUT2D eigenvalue weighted by Crippen LogP contribution is 2.29. The van der Waals surface area contributed by atoms with Gasteiger partial charge in [0.1, 0.15) is 5.75 Å². The molecule has 0 radical (unpaired) electrons. The average Bonchev–Trinajstić information content (AvgIpc) is 2.66. The molecule has 2 N–H and O–H groups in total. The Morgan fingerprint density at radius 3 is 2.07 bits per heavy atom. The van der Waals surface area contributed by atoms with Crippen LogP contribution >= 0.6 is 0 Å². The molecule has 29 heavy (non-hydrogen) atoms. The highest BCUT2D eigenvalue weighted by Gasteiger charge is 2.26. The largest absolute Gasteiger partial charge is 0.508 e. The number of carbonyl (C=O) groups is 1. The van der Waals surface area contributed by atoms with E-state index in [9.17, 15) is 18.3 Å². The Hall–Kier alpha value is -2.38. The monoisotopic (exact) mass is 416 g/mol.